The molecule has 5 nitrogen and oxygen atoms in total. The number of nitrogens with zero attached hydrogens (tertiary/aromatic N) is 3. The van der Waals surface area contributed by atoms with Gasteiger partial charge in [0, 0.05) is 29.2 Å². The van der Waals surface area contributed by atoms with Crippen molar-refractivity contribution in [1.29, 1.82) is 0 Å². The molecule has 0 aliphatic heterocycles. The van der Waals surface area contributed by atoms with Crippen LogP contribution in [0.1, 0.15) is 40.5 Å². The maximum atomic E-state index is 8.03. The summed E-state index contributed by atoms with van der Waals surface area (Å²) in [6.45, 7) is 7.43. The molecule has 0 spiro atoms. The third-order valence-corrected chi connectivity index (χ3v) is 1.89. The van der Waals surface area contributed by atoms with Crippen molar-refractivity contribution >= 4 is 11.4 Å². The zero-order valence-electron chi connectivity index (χ0n) is 11.9. The quantitative estimate of drug-likeness (QED) is 0.498. The van der Waals surface area contributed by atoms with Gasteiger partial charge in [-0.2, -0.15) is 0 Å². The van der Waals surface area contributed by atoms with Crippen LogP contribution in [-0.2, 0) is 16.8 Å². The van der Waals surface area contributed by atoms with Crippen molar-refractivity contribution in [2.45, 2.75) is 40.5 Å². The minimum atomic E-state index is 0. The van der Waals surface area contributed by atoms with E-state index in [2.05, 4.69) is 29.1 Å². The second-order valence-electron chi connectivity index (χ2n) is 3.40. The Kier molecular flexibility index (Phi) is 22.7. The fraction of sp³-hybridized carbons (Fsp3) is 0.462. The molecule has 0 aliphatic rings. The van der Waals surface area contributed by atoms with Crippen molar-refractivity contribution in [3.63, 3.8) is 0 Å². The molecule has 6 heteroatoms. The SMILES string of the molecule is CC(=NO)C(C)=NO.CCCC.[Co].c1ccncc1. The van der Waals surface area contributed by atoms with Crippen LogP contribution < -0.4 is 0 Å². The Balaban J connectivity index is -0.000000208. The molecule has 1 aromatic heterocycles. The zero-order valence-corrected chi connectivity index (χ0v) is 12.9. The number of pyridine rings is 1. The summed E-state index contributed by atoms with van der Waals surface area (Å²) in [5, 5.41) is 21.6. The summed E-state index contributed by atoms with van der Waals surface area (Å²) >= 11 is 0. The maximum absolute atomic E-state index is 8.03. The first-order valence-corrected chi connectivity index (χ1v) is 5.86. The van der Waals surface area contributed by atoms with E-state index in [1.54, 1.807) is 12.4 Å². The number of hydrogen-bond acceptors (Lipinski definition) is 5. The van der Waals surface area contributed by atoms with E-state index in [9.17, 15) is 0 Å². The van der Waals surface area contributed by atoms with Gasteiger partial charge in [-0.25, -0.2) is 0 Å². The molecule has 2 N–H and O–H groups in total. The Morgan fingerprint density at radius 2 is 1.26 bits per heavy atom. The first kappa shape index (κ1) is 22.7. The molecule has 0 amide bonds. The standard InChI is InChI=1S/C5H5N.C4H8N2O2.C4H10.Co/c1-2-4-6-5-3-1;1-3(5-7)4(2)6-8;1-3-4-2;/h1-5H;7-8H,1-2H3;3-4H2,1-2H3;. The number of aromatic nitrogens is 1. The van der Waals surface area contributed by atoms with Crippen LogP contribution in [0, 0.1) is 0 Å². The molecule has 1 heterocycles. The normalized spacial score (nSPS) is 10.1. The summed E-state index contributed by atoms with van der Waals surface area (Å²) in [4.78, 5) is 3.78. The maximum Gasteiger partial charge on any atom is 0.101 e. The molecule has 1 radical (unpaired) electrons. The van der Waals surface area contributed by atoms with Gasteiger partial charge in [0.15, 0.2) is 0 Å². The Morgan fingerprint density at radius 1 is 0.895 bits per heavy atom. The van der Waals surface area contributed by atoms with Crippen LogP contribution in [0.2, 0.25) is 0 Å². The monoisotopic (exact) mass is 312 g/mol. The van der Waals surface area contributed by atoms with Crippen LogP contribution in [0.5, 0.6) is 0 Å². The van der Waals surface area contributed by atoms with Gasteiger partial charge in [-0.05, 0) is 26.0 Å². The molecule has 1 rings (SSSR count). The topological polar surface area (TPSA) is 78.1 Å². The van der Waals surface area contributed by atoms with Crippen LogP contribution in [0.4, 0.5) is 0 Å². The van der Waals surface area contributed by atoms with Gasteiger partial charge in [-0.1, -0.05) is 43.1 Å². The van der Waals surface area contributed by atoms with Gasteiger partial charge in [0.2, 0.25) is 0 Å². The Morgan fingerprint density at radius 3 is 1.37 bits per heavy atom. The van der Waals surface area contributed by atoms with E-state index in [1.165, 1.54) is 26.7 Å². The van der Waals surface area contributed by atoms with Crippen molar-refractivity contribution in [3.05, 3.63) is 30.6 Å². The number of oxime groups is 2. The molecule has 19 heavy (non-hydrogen) atoms. The van der Waals surface area contributed by atoms with Gasteiger partial charge in [-0.3, -0.25) is 4.98 Å². The summed E-state index contributed by atoms with van der Waals surface area (Å²) in [5.41, 5.74) is 0.625. The first-order chi connectivity index (χ1) is 8.63. The average molecular weight is 312 g/mol. The van der Waals surface area contributed by atoms with Gasteiger partial charge in [0.25, 0.3) is 0 Å². The van der Waals surface area contributed by atoms with E-state index in [0.717, 1.165) is 0 Å². The Bertz CT molecular complexity index is 285. The molecular formula is C13H23CoN3O2. The molecule has 0 atom stereocenters. The summed E-state index contributed by atoms with van der Waals surface area (Å²) in [7, 11) is 0. The molecule has 0 unspecified atom stereocenters. The second kappa shape index (κ2) is 18.9. The van der Waals surface area contributed by atoms with E-state index in [0.29, 0.717) is 11.4 Å². The van der Waals surface area contributed by atoms with E-state index >= 15 is 0 Å². The van der Waals surface area contributed by atoms with Crippen LogP contribution in [0.15, 0.2) is 40.9 Å². The minimum Gasteiger partial charge on any atom is -0.411 e. The molecule has 0 bridgehead atoms. The van der Waals surface area contributed by atoms with Gasteiger partial charge < -0.3 is 10.4 Å². The van der Waals surface area contributed by atoms with Gasteiger partial charge in [-0.15, -0.1) is 0 Å². The summed E-state index contributed by atoms with van der Waals surface area (Å²) in [6, 6.07) is 5.72. The smallest absolute Gasteiger partial charge is 0.101 e. The predicted molar refractivity (Wildman–Crippen MR) is 74.6 cm³/mol. The van der Waals surface area contributed by atoms with Crippen molar-refractivity contribution < 1.29 is 27.2 Å². The van der Waals surface area contributed by atoms with Crippen LogP contribution in [0.3, 0.4) is 0 Å². The Labute approximate surface area is 125 Å². The van der Waals surface area contributed by atoms with Crippen LogP contribution >= 0.6 is 0 Å². The third-order valence-electron chi connectivity index (χ3n) is 1.89. The summed E-state index contributed by atoms with van der Waals surface area (Å²) < 4.78 is 0. The predicted octanol–water partition coefficient (Wildman–Crippen LogP) is 3.57. The second-order valence-corrected chi connectivity index (χ2v) is 3.40. The van der Waals surface area contributed by atoms with Crippen molar-refractivity contribution in [1.82, 2.24) is 4.98 Å². The van der Waals surface area contributed by atoms with Crippen molar-refractivity contribution in [2.24, 2.45) is 10.3 Å². The molecular weight excluding hydrogens is 289 g/mol. The zero-order chi connectivity index (χ0) is 14.2. The van der Waals surface area contributed by atoms with Crippen molar-refractivity contribution in [2.75, 3.05) is 0 Å². The fourth-order valence-corrected chi connectivity index (χ4v) is 0.457. The first-order valence-electron chi connectivity index (χ1n) is 5.86. The molecule has 0 aromatic carbocycles. The Hall–Kier alpha value is -1.40. The molecule has 0 saturated carbocycles. The van der Waals surface area contributed by atoms with Crippen LogP contribution in [0.25, 0.3) is 0 Å². The molecule has 0 fully saturated rings. The molecule has 111 valence electrons. The van der Waals surface area contributed by atoms with E-state index in [-0.39, 0.29) is 16.8 Å². The number of unbranched alkanes of at least 4 members (excludes halogenated alkanes) is 1. The summed E-state index contributed by atoms with van der Waals surface area (Å²) in [5.74, 6) is 0. The van der Waals surface area contributed by atoms with Gasteiger partial charge in [0.05, 0.1) is 0 Å². The van der Waals surface area contributed by atoms with E-state index in [1.807, 2.05) is 18.2 Å². The molecule has 1 aromatic rings. The van der Waals surface area contributed by atoms with E-state index in [4.69, 9.17) is 10.4 Å². The fourth-order valence-electron chi connectivity index (χ4n) is 0.457. The number of rotatable bonds is 2. The van der Waals surface area contributed by atoms with Crippen molar-refractivity contribution in [3.8, 4) is 0 Å². The third kappa shape index (κ3) is 19.1. The molecule has 0 aliphatic carbocycles. The van der Waals surface area contributed by atoms with E-state index < -0.39 is 0 Å². The van der Waals surface area contributed by atoms with Crippen LogP contribution in [-0.4, -0.2) is 26.8 Å². The summed E-state index contributed by atoms with van der Waals surface area (Å²) in [6.07, 6.45) is 6.14. The van der Waals surface area contributed by atoms with Gasteiger partial charge in [0.1, 0.15) is 11.4 Å². The van der Waals surface area contributed by atoms with Gasteiger partial charge >= 0.3 is 0 Å². The average Bonchev–Trinajstić information content (AvgIpc) is 2.48. The molecule has 0 saturated heterocycles. The minimum absolute atomic E-state index is 0. The number of hydrogen-bond donors (Lipinski definition) is 2. The largest absolute Gasteiger partial charge is 0.411 e.